The maximum atomic E-state index is 11.6. The molecule has 1 unspecified atom stereocenters. The van der Waals surface area contributed by atoms with Crippen molar-refractivity contribution in [1.29, 1.82) is 0 Å². The van der Waals surface area contributed by atoms with Crippen molar-refractivity contribution in [2.24, 2.45) is 11.7 Å². The molecule has 0 aromatic heterocycles. The quantitative estimate of drug-likeness (QED) is 0.552. The highest BCUT2D eigenvalue weighted by Crippen LogP contribution is 2.17. The lowest BCUT2D eigenvalue weighted by Crippen LogP contribution is -2.35. The summed E-state index contributed by atoms with van der Waals surface area (Å²) < 4.78 is 38.8. The number of alkyl halides is 3. The average molecular weight is 199 g/mol. The maximum Gasteiger partial charge on any atom is 0.490 e. The second-order valence-electron chi connectivity index (χ2n) is 3.07. The van der Waals surface area contributed by atoms with E-state index in [0.717, 1.165) is 0 Å². The fourth-order valence-corrected chi connectivity index (χ4v) is 0.717. The van der Waals surface area contributed by atoms with Crippen molar-refractivity contribution in [1.82, 2.24) is 0 Å². The Bertz CT molecular complexity index is 179. The van der Waals surface area contributed by atoms with Gasteiger partial charge in [0.1, 0.15) is 0 Å². The summed E-state index contributed by atoms with van der Waals surface area (Å²) >= 11 is 0. The van der Waals surface area contributed by atoms with E-state index in [9.17, 15) is 18.0 Å². The first-order chi connectivity index (χ1) is 5.73. The molecule has 1 atom stereocenters. The van der Waals surface area contributed by atoms with Gasteiger partial charge in [-0.05, 0) is 5.92 Å². The van der Waals surface area contributed by atoms with E-state index in [-0.39, 0.29) is 12.3 Å². The molecular formula is C7H12F3NO2. The van der Waals surface area contributed by atoms with E-state index in [1.165, 1.54) is 0 Å². The normalized spacial score (nSPS) is 14.4. The summed E-state index contributed by atoms with van der Waals surface area (Å²) in [5.74, 6) is -2.16. The number of ether oxygens (including phenoxy) is 1. The zero-order valence-electron chi connectivity index (χ0n) is 7.39. The van der Waals surface area contributed by atoms with Crippen molar-refractivity contribution in [3.63, 3.8) is 0 Å². The minimum Gasteiger partial charge on any atom is -0.440 e. The van der Waals surface area contributed by atoms with Gasteiger partial charge in [-0.1, -0.05) is 13.8 Å². The van der Waals surface area contributed by atoms with E-state index in [4.69, 9.17) is 5.73 Å². The molecule has 0 saturated carbocycles. The first-order valence-electron chi connectivity index (χ1n) is 3.77. The molecule has 0 spiro atoms. The van der Waals surface area contributed by atoms with Gasteiger partial charge in [0.25, 0.3) is 0 Å². The van der Waals surface area contributed by atoms with Crippen LogP contribution in [0.4, 0.5) is 13.2 Å². The smallest absolute Gasteiger partial charge is 0.440 e. The first kappa shape index (κ1) is 12.2. The van der Waals surface area contributed by atoms with Gasteiger partial charge in [-0.2, -0.15) is 13.2 Å². The van der Waals surface area contributed by atoms with Crippen LogP contribution in [-0.4, -0.2) is 18.4 Å². The van der Waals surface area contributed by atoms with Crippen LogP contribution in [0.5, 0.6) is 0 Å². The molecule has 0 heterocycles. The van der Waals surface area contributed by atoms with Crippen molar-refractivity contribution in [3.8, 4) is 0 Å². The maximum absolute atomic E-state index is 11.6. The molecule has 0 radical (unpaired) electrons. The molecule has 0 bridgehead atoms. The summed E-state index contributed by atoms with van der Waals surface area (Å²) in [5, 5.41) is 0. The van der Waals surface area contributed by atoms with E-state index < -0.39 is 18.4 Å². The van der Waals surface area contributed by atoms with E-state index in [1.807, 2.05) is 0 Å². The number of hydrogen-bond acceptors (Lipinski definition) is 3. The Balaban J connectivity index is 3.93. The number of hydrogen-bond donors (Lipinski definition) is 1. The van der Waals surface area contributed by atoms with Crippen molar-refractivity contribution in [3.05, 3.63) is 0 Å². The SMILES string of the molecule is CC(C)CC(N)OC(=O)C(F)(F)F. The van der Waals surface area contributed by atoms with E-state index in [1.54, 1.807) is 13.8 Å². The lowest BCUT2D eigenvalue weighted by Gasteiger charge is -2.15. The van der Waals surface area contributed by atoms with Crippen molar-refractivity contribution >= 4 is 5.97 Å². The van der Waals surface area contributed by atoms with Crippen molar-refractivity contribution < 1.29 is 22.7 Å². The molecule has 0 fully saturated rings. The van der Waals surface area contributed by atoms with Crippen LogP contribution in [0.3, 0.4) is 0 Å². The number of halogens is 3. The molecule has 0 aromatic rings. The Labute approximate surface area is 74.0 Å². The number of carbonyl (C=O) groups excluding carboxylic acids is 1. The third kappa shape index (κ3) is 5.46. The van der Waals surface area contributed by atoms with Crippen molar-refractivity contribution in [2.75, 3.05) is 0 Å². The molecule has 78 valence electrons. The van der Waals surface area contributed by atoms with Gasteiger partial charge in [0, 0.05) is 6.42 Å². The van der Waals surface area contributed by atoms with Gasteiger partial charge in [0.2, 0.25) is 0 Å². The van der Waals surface area contributed by atoms with Gasteiger partial charge in [-0.25, -0.2) is 4.79 Å². The van der Waals surface area contributed by atoms with Crippen molar-refractivity contribution in [2.45, 2.75) is 32.7 Å². The van der Waals surface area contributed by atoms with E-state index in [2.05, 4.69) is 4.74 Å². The highest BCUT2D eigenvalue weighted by Gasteiger charge is 2.41. The summed E-state index contributed by atoms with van der Waals surface area (Å²) in [6.07, 6.45) is -5.94. The lowest BCUT2D eigenvalue weighted by molar-refractivity contribution is -0.205. The zero-order valence-corrected chi connectivity index (χ0v) is 7.39. The molecule has 13 heavy (non-hydrogen) atoms. The summed E-state index contributed by atoms with van der Waals surface area (Å²) in [4.78, 5) is 10.2. The molecule has 0 rings (SSSR count). The summed E-state index contributed by atoms with van der Waals surface area (Å²) in [6.45, 7) is 3.53. The molecule has 0 saturated heterocycles. The minimum absolute atomic E-state index is 0.0797. The highest BCUT2D eigenvalue weighted by molar-refractivity contribution is 5.75. The molecule has 0 aliphatic heterocycles. The van der Waals surface area contributed by atoms with Crippen LogP contribution in [0.15, 0.2) is 0 Å². The van der Waals surface area contributed by atoms with Crippen LogP contribution >= 0.6 is 0 Å². The zero-order chi connectivity index (χ0) is 10.6. The molecule has 0 aliphatic rings. The number of rotatable bonds is 3. The van der Waals surface area contributed by atoms with Crippen LogP contribution in [0, 0.1) is 5.92 Å². The second-order valence-corrected chi connectivity index (χ2v) is 3.07. The number of nitrogens with two attached hydrogens (primary N) is 1. The number of esters is 1. The van der Waals surface area contributed by atoms with Gasteiger partial charge >= 0.3 is 12.1 Å². The minimum atomic E-state index is -4.96. The Hall–Kier alpha value is -0.780. The molecule has 0 aromatic carbocycles. The molecular weight excluding hydrogens is 187 g/mol. The Morgan fingerprint density at radius 1 is 1.46 bits per heavy atom. The van der Waals surface area contributed by atoms with Gasteiger partial charge in [0.05, 0.1) is 0 Å². The Morgan fingerprint density at radius 3 is 2.23 bits per heavy atom. The lowest BCUT2D eigenvalue weighted by atomic mass is 10.1. The Kier molecular flexibility index (Phi) is 4.19. The van der Waals surface area contributed by atoms with Gasteiger partial charge < -0.3 is 4.74 Å². The molecule has 2 N–H and O–H groups in total. The van der Waals surface area contributed by atoms with Crippen LogP contribution < -0.4 is 5.73 Å². The van der Waals surface area contributed by atoms with Gasteiger partial charge in [-0.3, -0.25) is 5.73 Å². The third-order valence-electron chi connectivity index (χ3n) is 1.19. The van der Waals surface area contributed by atoms with Gasteiger partial charge in [-0.15, -0.1) is 0 Å². The summed E-state index contributed by atoms with van der Waals surface area (Å²) in [5.41, 5.74) is 5.13. The largest absolute Gasteiger partial charge is 0.490 e. The summed E-state index contributed by atoms with van der Waals surface area (Å²) in [6, 6.07) is 0. The standard InChI is InChI=1S/C7H12F3NO2/c1-4(2)3-5(11)13-6(12)7(8,9)10/h4-5H,3,11H2,1-2H3. The van der Waals surface area contributed by atoms with Crippen LogP contribution in [0.25, 0.3) is 0 Å². The highest BCUT2D eigenvalue weighted by atomic mass is 19.4. The monoisotopic (exact) mass is 199 g/mol. The van der Waals surface area contributed by atoms with Crippen LogP contribution in [0.2, 0.25) is 0 Å². The molecule has 3 nitrogen and oxygen atoms in total. The average Bonchev–Trinajstić information content (AvgIpc) is 1.82. The third-order valence-corrected chi connectivity index (χ3v) is 1.19. The second kappa shape index (κ2) is 4.45. The fraction of sp³-hybridized carbons (Fsp3) is 0.857. The molecule has 0 aliphatic carbocycles. The number of carbonyl (C=O) groups is 1. The Morgan fingerprint density at radius 2 is 1.92 bits per heavy atom. The van der Waals surface area contributed by atoms with E-state index in [0.29, 0.717) is 0 Å². The molecule has 6 heteroatoms. The van der Waals surface area contributed by atoms with Gasteiger partial charge in [0.15, 0.2) is 6.23 Å². The first-order valence-corrected chi connectivity index (χ1v) is 3.77. The predicted molar refractivity (Wildman–Crippen MR) is 39.6 cm³/mol. The topological polar surface area (TPSA) is 52.3 Å². The van der Waals surface area contributed by atoms with Crippen LogP contribution in [-0.2, 0) is 9.53 Å². The fourth-order valence-electron chi connectivity index (χ4n) is 0.717. The predicted octanol–water partition coefficient (Wildman–Crippen LogP) is 1.42. The van der Waals surface area contributed by atoms with E-state index >= 15 is 0 Å². The summed E-state index contributed by atoms with van der Waals surface area (Å²) in [7, 11) is 0. The molecule has 0 amide bonds. The van der Waals surface area contributed by atoms with Crippen LogP contribution in [0.1, 0.15) is 20.3 Å².